The molecule has 6 nitrogen and oxygen atoms in total. The van der Waals surface area contributed by atoms with E-state index >= 15 is 0 Å². The summed E-state index contributed by atoms with van der Waals surface area (Å²) in [5.74, 6) is -0.0878. The van der Waals surface area contributed by atoms with Gasteiger partial charge in [-0.1, -0.05) is 30.3 Å². The van der Waals surface area contributed by atoms with Crippen molar-refractivity contribution in [1.82, 2.24) is 10.6 Å². The third-order valence-electron chi connectivity index (χ3n) is 4.91. The number of amides is 3. The van der Waals surface area contributed by atoms with Crippen LogP contribution < -0.4 is 16.0 Å². The van der Waals surface area contributed by atoms with Gasteiger partial charge in [0.2, 0.25) is 11.8 Å². The second-order valence-electron chi connectivity index (χ2n) is 7.62. The molecule has 0 saturated heterocycles. The van der Waals surface area contributed by atoms with Crippen LogP contribution in [0.4, 0.5) is 5.69 Å². The molecular formula is C23H27N3O3. The Morgan fingerprint density at radius 1 is 0.931 bits per heavy atom. The average Bonchev–Trinajstić information content (AvgIpc) is 3.54. The number of carbonyl (C=O) groups is 3. The van der Waals surface area contributed by atoms with Crippen molar-refractivity contribution >= 4 is 23.4 Å². The molecule has 0 radical (unpaired) electrons. The van der Waals surface area contributed by atoms with E-state index in [2.05, 4.69) is 16.0 Å². The van der Waals surface area contributed by atoms with Gasteiger partial charge in [-0.25, -0.2) is 0 Å². The molecule has 1 fully saturated rings. The maximum atomic E-state index is 12.3. The summed E-state index contributed by atoms with van der Waals surface area (Å²) in [6.45, 7) is 3.71. The largest absolute Gasteiger partial charge is 0.350 e. The summed E-state index contributed by atoms with van der Waals surface area (Å²) in [6.07, 6.45) is 2.13. The Kier molecular flexibility index (Phi) is 6.65. The van der Waals surface area contributed by atoms with Crippen LogP contribution in [-0.2, 0) is 9.59 Å². The Hall–Kier alpha value is -3.15. The van der Waals surface area contributed by atoms with Gasteiger partial charge in [-0.2, -0.15) is 0 Å². The van der Waals surface area contributed by atoms with Crippen molar-refractivity contribution in [2.45, 2.75) is 45.2 Å². The minimum atomic E-state index is -0.282. The maximum Gasteiger partial charge on any atom is 0.251 e. The molecule has 1 aliphatic rings. The summed E-state index contributed by atoms with van der Waals surface area (Å²) in [7, 11) is 0. The van der Waals surface area contributed by atoms with Crippen molar-refractivity contribution < 1.29 is 14.4 Å². The first kappa shape index (κ1) is 20.6. The fraction of sp³-hybridized carbons (Fsp3) is 0.348. The molecule has 6 heteroatoms. The Balaban J connectivity index is 1.45. The molecule has 0 heterocycles. The van der Waals surface area contributed by atoms with E-state index in [-0.39, 0.29) is 42.1 Å². The first-order chi connectivity index (χ1) is 13.9. The van der Waals surface area contributed by atoms with E-state index < -0.39 is 0 Å². The molecule has 0 aromatic heterocycles. The van der Waals surface area contributed by atoms with Gasteiger partial charge in [0, 0.05) is 29.6 Å². The Morgan fingerprint density at radius 2 is 1.59 bits per heavy atom. The average molecular weight is 393 g/mol. The minimum absolute atomic E-state index is 0.0747. The lowest BCUT2D eigenvalue weighted by Crippen LogP contribution is -2.37. The summed E-state index contributed by atoms with van der Waals surface area (Å²) < 4.78 is 0. The van der Waals surface area contributed by atoms with Crippen LogP contribution in [0.5, 0.6) is 0 Å². The van der Waals surface area contributed by atoms with Crippen LogP contribution in [0.2, 0.25) is 0 Å². The van der Waals surface area contributed by atoms with E-state index in [4.69, 9.17) is 0 Å². The van der Waals surface area contributed by atoms with Crippen LogP contribution >= 0.6 is 0 Å². The first-order valence-electron chi connectivity index (χ1n) is 9.98. The Morgan fingerprint density at radius 3 is 2.21 bits per heavy atom. The van der Waals surface area contributed by atoms with Gasteiger partial charge in [0.25, 0.3) is 5.91 Å². The van der Waals surface area contributed by atoms with E-state index in [9.17, 15) is 14.4 Å². The van der Waals surface area contributed by atoms with Crippen LogP contribution in [0.25, 0.3) is 0 Å². The van der Waals surface area contributed by atoms with E-state index in [1.807, 2.05) is 44.2 Å². The molecule has 3 N–H and O–H groups in total. The number of hydrogen-bond acceptors (Lipinski definition) is 3. The Bertz CT molecular complexity index is 861. The highest BCUT2D eigenvalue weighted by Crippen LogP contribution is 2.30. The molecular weight excluding hydrogens is 366 g/mol. The molecule has 3 amide bonds. The molecule has 0 bridgehead atoms. The summed E-state index contributed by atoms with van der Waals surface area (Å²) in [5.41, 5.74) is 2.28. The predicted octanol–water partition coefficient (Wildman–Crippen LogP) is 3.42. The van der Waals surface area contributed by atoms with Crippen molar-refractivity contribution in [1.29, 1.82) is 0 Å². The zero-order valence-corrected chi connectivity index (χ0v) is 16.8. The number of rotatable bonds is 8. The molecule has 3 rings (SSSR count). The van der Waals surface area contributed by atoms with Crippen LogP contribution in [0, 0.1) is 5.92 Å². The maximum absolute atomic E-state index is 12.3. The zero-order chi connectivity index (χ0) is 20.8. The minimum Gasteiger partial charge on any atom is -0.350 e. The Labute approximate surface area is 171 Å². The van der Waals surface area contributed by atoms with Crippen molar-refractivity contribution in [3.8, 4) is 0 Å². The molecule has 2 atom stereocenters. The lowest BCUT2D eigenvalue weighted by molar-refractivity contribution is -0.122. The van der Waals surface area contributed by atoms with Gasteiger partial charge >= 0.3 is 0 Å². The molecule has 152 valence electrons. The van der Waals surface area contributed by atoms with E-state index in [1.165, 1.54) is 0 Å². The molecule has 29 heavy (non-hydrogen) atoms. The van der Waals surface area contributed by atoms with Gasteiger partial charge in [0.1, 0.15) is 0 Å². The summed E-state index contributed by atoms with van der Waals surface area (Å²) >= 11 is 0. The van der Waals surface area contributed by atoms with E-state index in [1.54, 1.807) is 24.3 Å². The van der Waals surface area contributed by atoms with Gasteiger partial charge < -0.3 is 16.0 Å². The summed E-state index contributed by atoms with van der Waals surface area (Å²) in [5, 5.41) is 8.69. The monoisotopic (exact) mass is 393 g/mol. The molecule has 2 aromatic rings. The normalized spacial score (nSPS) is 15.1. The third kappa shape index (κ3) is 6.17. The van der Waals surface area contributed by atoms with Crippen molar-refractivity contribution in [2.75, 3.05) is 5.32 Å². The lowest BCUT2D eigenvalue weighted by Gasteiger charge is -2.18. The van der Waals surface area contributed by atoms with Crippen LogP contribution in [-0.4, -0.2) is 23.8 Å². The van der Waals surface area contributed by atoms with E-state index in [0.29, 0.717) is 5.56 Å². The second kappa shape index (κ2) is 9.37. The first-order valence-corrected chi connectivity index (χ1v) is 9.98. The van der Waals surface area contributed by atoms with Crippen molar-refractivity contribution in [3.63, 3.8) is 0 Å². The van der Waals surface area contributed by atoms with Gasteiger partial charge in [-0.05, 0) is 56.5 Å². The number of hydrogen-bond donors (Lipinski definition) is 3. The fourth-order valence-electron chi connectivity index (χ4n) is 3.05. The van der Waals surface area contributed by atoms with Gasteiger partial charge in [0.05, 0.1) is 6.04 Å². The number of anilines is 1. The predicted molar refractivity (Wildman–Crippen MR) is 112 cm³/mol. The topological polar surface area (TPSA) is 87.3 Å². The molecule has 1 aliphatic carbocycles. The van der Waals surface area contributed by atoms with Crippen LogP contribution in [0.1, 0.15) is 55.1 Å². The lowest BCUT2D eigenvalue weighted by atomic mass is 10.1. The van der Waals surface area contributed by atoms with Gasteiger partial charge in [0.15, 0.2) is 0 Å². The number of nitrogens with one attached hydrogen (secondary N) is 3. The molecule has 0 aliphatic heterocycles. The van der Waals surface area contributed by atoms with Gasteiger partial charge in [-0.3, -0.25) is 14.4 Å². The van der Waals surface area contributed by atoms with Crippen molar-refractivity contribution in [3.05, 3.63) is 65.7 Å². The number of carbonyl (C=O) groups excluding carboxylic acids is 3. The standard InChI is InChI=1S/C23H27N3O3/c1-15(24-22(28)18-6-4-3-5-7-18)14-21(27)25-16(2)17-10-12-20(13-11-17)26-23(29)19-8-9-19/h3-7,10-13,15-16,19H,8-9,14H2,1-2H3,(H,24,28)(H,25,27)(H,26,29). The van der Waals surface area contributed by atoms with Crippen LogP contribution in [0.3, 0.4) is 0 Å². The second-order valence-corrected chi connectivity index (χ2v) is 7.62. The summed E-state index contributed by atoms with van der Waals surface area (Å²) in [4.78, 5) is 36.3. The summed E-state index contributed by atoms with van der Waals surface area (Å²) in [6, 6.07) is 16.0. The van der Waals surface area contributed by atoms with E-state index in [0.717, 1.165) is 24.1 Å². The zero-order valence-electron chi connectivity index (χ0n) is 16.8. The highest BCUT2D eigenvalue weighted by atomic mass is 16.2. The smallest absolute Gasteiger partial charge is 0.251 e. The highest BCUT2D eigenvalue weighted by Gasteiger charge is 2.29. The van der Waals surface area contributed by atoms with Crippen LogP contribution in [0.15, 0.2) is 54.6 Å². The molecule has 1 saturated carbocycles. The van der Waals surface area contributed by atoms with Crippen molar-refractivity contribution in [2.24, 2.45) is 5.92 Å². The number of benzene rings is 2. The van der Waals surface area contributed by atoms with Gasteiger partial charge in [-0.15, -0.1) is 0 Å². The fourth-order valence-corrected chi connectivity index (χ4v) is 3.05. The molecule has 2 aromatic carbocycles. The quantitative estimate of drug-likeness (QED) is 0.642. The molecule has 2 unspecified atom stereocenters. The third-order valence-corrected chi connectivity index (χ3v) is 4.91. The molecule has 0 spiro atoms. The SMILES string of the molecule is CC(CC(=O)NC(C)c1ccc(NC(=O)C2CC2)cc1)NC(=O)c1ccccc1. The highest BCUT2D eigenvalue weighted by molar-refractivity contribution is 5.95.